The highest BCUT2D eigenvalue weighted by Gasteiger charge is 2.02. The molecule has 0 fully saturated rings. The largest absolute Gasteiger partial charge is 0.368 e. The third-order valence-electron chi connectivity index (χ3n) is 2.26. The van der Waals surface area contributed by atoms with Crippen LogP contribution in [0.15, 0.2) is 24.7 Å². The normalized spacial score (nSPS) is 10.9. The van der Waals surface area contributed by atoms with Gasteiger partial charge in [0.15, 0.2) is 5.65 Å². The van der Waals surface area contributed by atoms with Gasteiger partial charge in [-0.2, -0.15) is 0 Å². The highest BCUT2D eigenvalue weighted by Crippen LogP contribution is 2.15. The van der Waals surface area contributed by atoms with Crippen LogP contribution in [0.1, 0.15) is 0 Å². The molecule has 5 nitrogen and oxygen atoms in total. The molecular weight excluding hydrogens is 202 g/mol. The molecule has 0 aliphatic heterocycles. The summed E-state index contributed by atoms with van der Waals surface area (Å²) in [6.07, 6.45) is 3.27. The molecule has 0 amide bonds. The van der Waals surface area contributed by atoms with Gasteiger partial charge >= 0.3 is 0 Å². The average Bonchev–Trinajstić information content (AvgIpc) is 2.29. The van der Waals surface area contributed by atoms with Gasteiger partial charge in [0, 0.05) is 19.3 Å². The Morgan fingerprint density at radius 1 is 1.25 bits per heavy atom. The van der Waals surface area contributed by atoms with Gasteiger partial charge in [-0.1, -0.05) is 0 Å². The van der Waals surface area contributed by atoms with E-state index in [4.69, 9.17) is 0 Å². The fourth-order valence-corrected chi connectivity index (χ4v) is 1.43. The number of hydrogen-bond donors (Lipinski definition) is 1. The molecule has 2 aromatic rings. The van der Waals surface area contributed by atoms with Crippen LogP contribution in [-0.2, 0) is 0 Å². The first-order valence-corrected chi connectivity index (χ1v) is 5.21. The van der Waals surface area contributed by atoms with Crippen LogP contribution in [0, 0.1) is 0 Å². The Hall–Kier alpha value is -1.75. The SMILES string of the molecule is CN(C)CCNc1ncnc2ncccc12. The van der Waals surface area contributed by atoms with Crippen molar-refractivity contribution in [3.8, 4) is 0 Å². The number of aromatic nitrogens is 3. The van der Waals surface area contributed by atoms with E-state index in [1.54, 1.807) is 6.20 Å². The van der Waals surface area contributed by atoms with E-state index < -0.39 is 0 Å². The number of nitrogens with one attached hydrogen (secondary N) is 1. The number of hydrogen-bond acceptors (Lipinski definition) is 5. The van der Waals surface area contributed by atoms with Gasteiger partial charge in [-0.3, -0.25) is 0 Å². The summed E-state index contributed by atoms with van der Waals surface area (Å²) >= 11 is 0. The van der Waals surface area contributed by atoms with Gasteiger partial charge in [0.25, 0.3) is 0 Å². The molecule has 0 aromatic carbocycles. The van der Waals surface area contributed by atoms with Crippen molar-refractivity contribution >= 4 is 16.9 Å². The molecule has 5 heteroatoms. The second-order valence-corrected chi connectivity index (χ2v) is 3.83. The Balaban J connectivity index is 2.17. The molecule has 0 saturated carbocycles. The molecule has 0 aliphatic carbocycles. The molecule has 2 rings (SSSR count). The van der Waals surface area contributed by atoms with Crippen molar-refractivity contribution < 1.29 is 0 Å². The summed E-state index contributed by atoms with van der Waals surface area (Å²) in [6.45, 7) is 1.82. The van der Waals surface area contributed by atoms with Crippen molar-refractivity contribution in [2.24, 2.45) is 0 Å². The van der Waals surface area contributed by atoms with Crippen molar-refractivity contribution in [3.63, 3.8) is 0 Å². The summed E-state index contributed by atoms with van der Waals surface area (Å²) in [5, 5.41) is 4.25. The summed E-state index contributed by atoms with van der Waals surface area (Å²) in [7, 11) is 4.09. The van der Waals surface area contributed by atoms with Crippen LogP contribution < -0.4 is 5.32 Å². The Labute approximate surface area is 94.5 Å². The number of fused-ring (bicyclic) bond motifs is 1. The zero-order valence-electron chi connectivity index (χ0n) is 9.51. The molecule has 0 saturated heterocycles. The van der Waals surface area contributed by atoms with Crippen LogP contribution in [0.3, 0.4) is 0 Å². The lowest BCUT2D eigenvalue weighted by Crippen LogP contribution is -2.21. The second-order valence-electron chi connectivity index (χ2n) is 3.83. The van der Waals surface area contributed by atoms with E-state index in [-0.39, 0.29) is 0 Å². The fourth-order valence-electron chi connectivity index (χ4n) is 1.43. The summed E-state index contributed by atoms with van der Waals surface area (Å²) in [6, 6.07) is 3.86. The van der Waals surface area contributed by atoms with Gasteiger partial charge < -0.3 is 10.2 Å². The number of likely N-dealkylation sites (N-methyl/N-ethyl adjacent to an activating group) is 1. The minimum atomic E-state index is 0.727. The van der Waals surface area contributed by atoms with Crippen molar-refractivity contribution in [2.45, 2.75) is 0 Å². The third kappa shape index (κ3) is 2.43. The highest BCUT2D eigenvalue weighted by molar-refractivity contribution is 5.85. The molecule has 0 spiro atoms. The average molecular weight is 217 g/mol. The molecule has 0 bridgehead atoms. The van der Waals surface area contributed by atoms with Crippen LogP contribution in [0.2, 0.25) is 0 Å². The number of anilines is 1. The lowest BCUT2D eigenvalue weighted by Gasteiger charge is -2.11. The summed E-state index contributed by atoms with van der Waals surface area (Å²) in [4.78, 5) is 14.6. The highest BCUT2D eigenvalue weighted by atomic mass is 15.1. The zero-order chi connectivity index (χ0) is 11.4. The topological polar surface area (TPSA) is 53.9 Å². The van der Waals surface area contributed by atoms with Crippen molar-refractivity contribution in [3.05, 3.63) is 24.7 Å². The molecule has 84 valence electrons. The first-order chi connectivity index (χ1) is 7.77. The van der Waals surface area contributed by atoms with Crippen molar-refractivity contribution in [2.75, 3.05) is 32.5 Å². The van der Waals surface area contributed by atoms with Gasteiger partial charge in [0.1, 0.15) is 12.1 Å². The number of pyridine rings is 1. The number of nitrogens with zero attached hydrogens (tertiary/aromatic N) is 4. The molecule has 1 N–H and O–H groups in total. The molecule has 0 unspecified atom stereocenters. The van der Waals surface area contributed by atoms with Gasteiger partial charge in [-0.05, 0) is 26.2 Å². The Kier molecular flexibility index (Phi) is 3.26. The van der Waals surface area contributed by atoms with Crippen LogP contribution in [0.5, 0.6) is 0 Å². The summed E-state index contributed by atoms with van der Waals surface area (Å²) in [5.41, 5.74) is 0.727. The summed E-state index contributed by atoms with van der Waals surface area (Å²) < 4.78 is 0. The van der Waals surface area contributed by atoms with Gasteiger partial charge in [-0.15, -0.1) is 0 Å². The first kappa shape index (κ1) is 10.8. The minimum absolute atomic E-state index is 0.727. The van der Waals surface area contributed by atoms with E-state index in [0.29, 0.717) is 0 Å². The standard InChI is InChI=1S/C11H15N5/c1-16(2)7-6-13-11-9-4-3-5-12-10(9)14-8-15-11/h3-5,8H,6-7H2,1-2H3,(H,12,13,14,15). The molecule has 0 radical (unpaired) electrons. The van der Waals surface area contributed by atoms with E-state index in [2.05, 4.69) is 25.2 Å². The fraction of sp³-hybridized carbons (Fsp3) is 0.364. The maximum Gasteiger partial charge on any atom is 0.164 e. The lowest BCUT2D eigenvalue weighted by molar-refractivity contribution is 0.425. The van der Waals surface area contributed by atoms with Crippen molar-refractivity contribution in [1.29, 1.82) is 0 Å². The molecular formula is C11H15N5. The maximum absolute atomic E-state index is 4.22. The van der Waals surface area contributed by atoms with Gasteiger partial charge in [0.05, 0.1) is 5.39 Å². The zero-order valence-corrected chi connectivity index (χ0v) is 9.51. The lowest BCUT2D eigenvalue weighted by atomic mass is 10.3. The van der Waals surface area contributed by atoms with Crippen LogP contribution in [0.4, 0.5) is 5.82 Å². The van der Waals surface area contributed by atoms with E-state index in [0.717, 1.165) is 29.9 Å². The molecule has 2 aromatic heterocycles. The summed E-state index contributed by atoms with van der Waals surface area (Å²) in [5.74, 6) is 0.847. The maximum atomic E-state index is 4.22. The van der Waals surface area contributed by atoms with Crippen LogP contribution in [-0.4, -0.2) is 47.0 Å². The smallest absolute Gasteiger partial charge is 0.164 e. The molecule has 0 atom stereocenters. The quantitative estimate of drug-likeness (QED) is 0.828. The molecule has 2 heterocycles. The Morgan fingerprint density at radius 2 is 2.12 bits per heavy atom. The Bertz CT molecular complexity index is 463. The predicted molar refractivity (Wildman–Crippen MR) is 64.4 cm³/mol. The van der Waals surface area contributed by atoms with E-state index in [1.165, 1.54) is 6.33 Å². The first-order valence-electron chi connectivity index (χ1n) is 5.21. The van der Waals surface area contributed by atoms with Crippen LogP contribution in [0.25, 0.3) is 11.0 Å². The van der Waals surface area contributed by atoms with Crippen LogP contribution >= 0.6 is 0 Å². The van der Waals surface area contributed by atoms with E-state index >= 15 is 0 Å². The second kappa shape index (κ2) is 4.85. The molecule has 0 aliphatic rings. The Morgan fingerprint density at radius 3 is 2.94 bits per heavy atom. The molecule has 16 heavy (non-hydrogen) atoms. The number of rotatable bonds is 4. The monoisotopic (exact) mass is 217 g/mol. The minimum Gasteiger partial charge on any atom is -0.368 e. The van der Waals surface area contributed by atoms with Gasteiger partial charge in [0.2, 0.25) is 0 Å². The van der Waals surface area contributed by atoms with Crippen molar-refractivity contribution in [1.82, 2.24) is 19.9 Å². The van der Waals surface area contributed by atoms with Gasteiger partial charge in [-0.25, -0.2) is 15.0 Å². The third-order valence-corrected chi connectivity index (χ3v) is 2.26. The predicted octanol–water partition coefficient (Wildman–Crippen LogP) is 0.998. The van der Waals surface area contributed by atoms with E-state index in [1.807, 2.05) is 26.2 Å². The van der Waals surface area contributed by atoms with E-state index in [9.17, 15) is 0 Å².